The first kappa shape index (κ1) is 11.4. The Morgan fingerprint density at radius 1 is 1.13 bits per heavy atom. The topological polar surface area (TPSA) is 54.4 Å². The zero-order valence-corrected chi connectivity index (χ0v) is 10.0. The Kier molecular flexibility index (Phi) is 3.08. The van der Waals surface area contributed by atoms with Gasteiger partial charge in [0, 0.05) is 6.26 Å². The molecule has 2 aliphatic carbocycles. The molecule has 2 fully saturated rings. The fraction of sp³-hybridized carbons (Fsp3) is 1.00. The Labute approximate surface area is 91.8 Å². The van der Waals surface area contributed by atoms with E-state index in [0.717, 1.165) is 32.1 Å². The summed E-state index contributed by atoms with van der Waals surface area (Å²) in [5, 5.41) is 9.80. The van der Waals surface area contributed by atoms with E-state index < -0.39 is 9.84 Å². The predicted octanol–water partition coefficient (Wildman–Crippen LogP) is 1.36. The van der Waals surface area contributed by atoms with Crippen LogP contribution in [0.3, 0.4) is 0 Å². The van der Waals surface area contributed by atoms with E-state index >= 15 is 0 Å². The lowest BCUT2D eigenvalue weighted by molar-refractivity contribution is 0.0668. The molecule has 3 atom stereocenters. The minimum absolute atomic E-state index is 0.204. The number of hydrogen-bond acceptors (Lipinski definition) is 3. The molecule has 0 aromatic carbocycles. The van der Waals surface area contributed by atoms with Gasteiger partial charge >= 0.3 is 0 Å². The molecule has 0 aromatic rings. The third-order valence-corrected chi connectivity index (χ3v) is 5.50. The fourth-order valence-electron chi connectivity index (χ4n) is 2.70. The summed E-state index contributed by atoms with van der Waals surface area (Å²) < 4.78 is 22.9. The highest BCUT2D eigenvalue weighted by molar-refractivity contribution is 7.91. The van der Waals surface area contributed by atoms with Crippen LogP contribution in [0.15, 0.2) is 0 Å². The average molecular weight is 232 g/mol. The van der Waals surface area contributed by atoms with E-state index in [4.69, 9.17) is 0 Å². The van der Waals surface area contributed by atoms with Crippen molar-refractivity contribution in [3.05, 3.63) is 0 Å². The molecule has 1 N–H and O–H groups in total. The Balaban J connectivity index is 1.97. The van der Waals surface area contributed by atoms with Gasteiger partial charge in [0.2, 0.25) is 0 Å². The van der Waals surface area contributed by atoms with Gasteiger partial charge in [0.1, 0.15) is 9.84 Å². The Hall–Kier alpha value is -0.0900. The van der Waals surface area contributed by atoms with Crippen LogP contribution in [-0.2, 0) is 9.84 Å². The minimum Gasteiger partial charge on any atom is -0.393 e. The SMILES string of the molecule is CS(=O)(=O)C1CCCC(C(O)C2CC2)C1. The quantitative estimate of drug-likeness (QED) is 0.799. The molecule has 0 spiro atoms. The summed E-state index contributed by atoms with van der Waals surface area (Å²) >= 11 is 0. The van der Waals surface area contributed by atoms with Crippen molar-refractivity contribution < 1.29 is 13.5 Å². The Bertz CT molecular complexity index is 319. The lowest BCUT2D eigenvalue weighted by atomic mass is 9.83. The lowest BCUT2D eigenvalue weighted by Crippen LogP contribution is -2.34. The van der Waals surface area contributed by atoms with E-state index in [1.54, 1.807) is 0 Å². The van der Waals surface area contributed by atoms with Gasteiger partial charge in [-0.05, 0) is 43.9 Å². The number of aliphatic hydroxyl groups excluding tert-OH is 1. The van der Waals surface area contributed by atoms with Crippen molar-refractivity contribution in [2.24, 2.45) is 11.8 Å². The number of hydrogen-bond donors (Lipinski definition) is 1. The van der Waals surface area contributed by atoms with E-state index in [2.05, 4.69) is 0 Å². The maximum Gasteiger partial charge on any atom is 0.150 e. The summed E-state index contributed by atoms with van der Waals surface area (Å²) in [7, 11) is -2.91. The van der Waals surface area contributed by atoms with Crippen LogP contribution in [0, 0.1) is 11.8 Å². The van der Waals surface area contributed by atoms with Gasteiger partial charge in [-0.25, -0.2) is 8.42 Å². The van der Waals surface area contributed by atoms with E-state index in [9.17, 15) is 13.5 Å². The van der Waals surface area contributed by atoms with Gasteiger partial charge in [-0.15, -0.1) is 0 Å². The molecule has 2 rings (SSSR count). The van der Waals surface area contributed by atoms with E-state index in [0.29, 0.717) is 12.3 Å². The zero-order valence-electron chi connectivity index (χ0n) is 9.22. The zero-order chi connectivity index (χ0) is 11.1. The van der Waals surface area contributed by atoms with Crippen LogP contribution in [0.2, 0.25) is 0 Å². The van der Waals surface area contributed by atoms with Crippen molar-refractivity contribution in [2.75, 3.05) is 6.26 Å². The van der Waals surface area contributed by atoms with Crippen molar-refractivity contribution in [3.8, 4) is 0 Å². The highest BCUT2D eigenvalue weighted by Crippen LogP contribution is 2.41. The molecule has 88 valence electrons. The maximum atomic E-state index is 11.5. The summed E-state index contributed by atoms with van der Waals surface area (Å²) in [4.78, 5) is 0. The summed E-state index contributed by atoms with van der Waals surface area (Å²) in [5.74, 6) is 0.694. The van der Waals surface area contributed by atoms with Crippen molar-refractivity contribution in [2.45, 2.75) is 49.9 Å². The molecule has 3 nitrogen and oxygen atoms in total. The van der Waals surface area contributed by atoms with Crippen LogP contribution in [0.25, 0.3) is 0 Å². The van der Waals surface area contributed by atoms with Gasteiger partial charge in [-0.1, -0.05) is 6.42 Å². The van der Waals surface area contributed by atoms with Crippen molar-refractivity contribution in [3.63, 3.8) is 0 Å². The van der Waals surface area contributed by atoms with Gasteiger partial charge in [-0.2, -0.15) is 0 Å². The third kappa shape index (κ3) is 2.72. The summed E-state index contributed by atoms with van der Waals surface area (Å²) in [6.45, 7) is 0. The van der Waals surface area contributed by atoms with E-state index in [1.807, 2.05) is 0 Å². The molecular weight excluding hydrogens is 212 g/mol. The third-order valence-electron chi connectivity index (χ3n) is 3.86. The summed E-state index contributed by atoms with van der Waals surface area (Å²) in [6, 6.07) is 0. The van der Waals surface area contributed by atoms with Crippen LogP contribution in [0.4, 0.5) is 0 Å². The van der Waals surface area contributed by atoms with E-state index in [-0.39, 0.29) is 17.3 Å². The predicted molar refractivity (Wildman–Crippen MR) is 59.3 cm³/mol. The maximum absolute atomic E-state index is 11.5. The monoisotopic (exact) mass is 232 g/mol. The van der Waals surface area contributed by atoms with Gasteiger partial charge in [0.15, 0.2) is 0 Å². The van der Waals surface area contributed by atoms with Gasteiger partial charge in [0.05, 0.1) is 11.4 Å². The Morgan fingerprint density at radius 3 is 2.33 bits per heavy atom. The molecule has 15 heavy (non-hydrogen) atoms. The second kappa shape index (κ2) is 4.06. The molecule has 3 unspecified atom stereocenters. The smallest absolute Gasteiger partial charge is 0.150 e. The normalized spacial score (nSPS) is 35.1. The molecular formula is C11H20O3S. The first-order valence-corrected chi connectivity index (χ1v) is 7.81. The van der Waals surface area contributed by atoms with Crippen molar-refractivity contribution in [1.29, 1.82) is 0 Å². The van der Waals surface area contributed by atoms with Crippen LogP contribution in [-0.4, -0.2) is 31.1 Å². The molecule has 2 saturated carbocycles. The molecule has 0 aliphatic heterocycles. The van der Waals surface area contributed by atoms with Crippen LogP contribution >= 0.6 is 0 Å². The van der Waals surface area contributed by atoms with Crippen LogP contribution < -0.4 is 0 Å². The minimum atomic E-state index is -2.91. The van der Waals surface area contributed by atoms with Gasteiger partial charge < -0.3 is 5.11 Å². The second-order valence-electron chi connectivity index (χ2n) is 5.21. The van der Waals surface area contributed by atoms with Gasteiger partial charge in [-0.3, -0.25) is 0 Å². The molecule has 0 amide bonds. The highest BCUT2D eigenvalue weighted by Gasteiger charge is 2.39. The number of aliphatic hydroxyl groups is 1. The number of rotatable bonds is 3. The molecule has 0 heterocycles. The highest BCUT2D eigenvalue weighted by atomic mass is 32.2. The van der Waals surface area contributed by atoms with Crippen LogP contribution in [0.5, 0.6) is 0 Å². The molecule has 0 radical (unpaired) electrons. The van der Waals surface area contributed by atoms with Crippen molar-refractivity contribution >= 4 is 9.84 Å². The standard InChI is InChI=1S/C11H20O3S/c1-15(13,14)10-4-2-3-9(7-10)11(12)8-5-6-8/h8-12H,2-7H2,1H3. The van der Waals surface area contributed by atoms with Crippen LogP contribution in [0.1, 0.15) is 38.5 Å². The lowest BCUT2D eigenvalue weighted by Gasteiger charge is -2.31. The summed E-state index contributed by atoms with van der Waals surface area (Å²) in [6.07, 6.45) is 6.75. The summed E-state index contributed by atoms with van der Waals surface area (Å²) in [5.41, 5.74) is 0. The first-order valence-electron chi connectivity index (χ1n) is 5.85. The largest absolute Gasteiger partial charge is 0.393 e. The Morgan fingerprint density at radius 2 is 1.80 bits per heavy atom. The molecule has 0 saturated heterocycles. The average Bonchev–Trinajstić information content (AvgIpc) is 2.99. The molecule has 4 heteroatoms. The molecule has 0 aromatic heterocycles. The molecule has 0 bridgehead atoms. The van der Waals surface area contributed by atoms with Gasteiger partial charge in [0.25, 0.3) is 0 Å². The first-order chi connectivity index (χ1) is 6.98. The fourth-order valence-corrected chi connectivity index (χ4v) is 3.89. The van der Waals surface area contributed by atoms with Crippen molar-refractivity contribution in [1.82, 2.24) is 0 Å². The number of sulfone groups is 1. The second-order valence-corrected chi connectivity index (χ2v) is 7.53. The van der Waals surface area contributed by atoms with E-state index in [1.165, 1.54) is 6.26 Å². The molecule has 2 aliphatic rings.